The first kappa shape index (κ1) is 18.3. The minimum atomic E-state index is -4.35. The monoisotopic (exact) mass is 357 g/mol. The number of carbonyl (C=O) groups excluding carboxylic acids is 1. The van der Waals surface area contributed by atoms with Crippen molar-refractivity contribution >= 4 is 17.5 Å². The quantitative estimate of drug-likeness (QED) is 0.834. The van der Waals surface area contributed by atoms with E-state index >= 15 is 0 Å². The van der Waals surface area contributed by atoms with E-state index in [0.29, 0.717) is 22.7 Å². The van der Waals surface area contributed by atoms with Gasteiger partial charge in [-0.2, -0.15) is 13.2 Å². The van der Waals surface area contributed by atoms with Gasteiger partial charge in [0.25, 0.3) is 5.91 Å². The molecule has 0 aromatic heterocycles. The number of benzene rings is 2. The van der Waals surface area contributed by atoms with Crippen LogP contribution in [-0.2, 0) is 17.9 Å². The van der Waals surface area contributed by atoms with Gasteiger partial charge >= 0.3 is 6.18 Å². The summed E-state index contributed by atoms with van der Waals surface area (Å²) in [6.45, 7) is -1.10. The molecule has 0 saturated carbocycles. The molecule has 0 radical (unpaired) electrons. The predicted molar refractivity (Wildman–Crippen MR) is 84.8 cm³/mol. The van der Waals surface area contributed by atoms with E-state index in [9.17, 15) is 18.0 Å². The number of amides is 1. The molecule has 128 valence electrons. The molecule has 2 aromatic rings. The van der Waals surface area contributed by atoms with Gasteiger partial charge in [-0.15, -0.1) is 0 Å². The zero-order chi connectivity index (χ0) is 17.6. The molecule has 0 spiro atoms. The molecule has 0 saturated heterocycles. The molecule has 3 nitrogen and oxygen atoms in total. The van der Waals surface area contributed by atoms with Gasteiger partial charge in [-0.3, -0.25) is 4.79 Å². The molecule has 0 atom stereocenters. The van der Waals surface area contributed by atoms with Crippen molar-refractivity contribution in [2.24, 2.45) is 0 Å². The Morgan fingerprint density at radius 1 is 1.00 bits per heavy atom. The second kappa shape index (κ2) is 8.17. The van der Waals surface area contributed by atoms with Crippen LogP contribution in [0.1, 0.15) is 21.5 Å². The molecule has 0 bridgehead atoms. The Balaban J connectivity index is 1.83. The summed E-state index contributed by atoms with van der Waals surface area (Å²) in [4.78, 5) is 12.0. The zero-order valence-corrected chi connectivity index (χ0v) is 13.3. The van der Waals surface area contributed by atoms with Crippen LogP contribution in [0.4, 0.5) is 13.2 Å². The van der Waals surface area contributed by atoms with Crippen molar-refractivity contribution < 1.29 is 22.7 Å². The lowest BCUT2D eigenvalue weighted by molar-refractivity contribution is -0.176. The Kier molecular flexibility index (Phi) is 6.23. The van der Waals surface area contributed by atoms with Crippen LogP contribution in [0.5, 0.6) is 0 Å². The van der Waals surface area contributed by atoms with E-state index in [1.165, 1.54) is 0 Å². The summed E-state index contributed by atoms with van der Waals surface area (Å²) in [6, 6.07) is 13.3. The minimum Gasteiger partial charge on any atom is -0.367 e. The largest absolute Gasteiger partial charge is 0.411 e. The molecular weight excluding hydrogens is 343 g/mol. The highest BCUT2D eigenvalue weighted by atomic mass is 35.5. The first-order valence-corrected chi connectivity index (χ1v) is 7.47. The Hall–Kier alpha value is -2.05. The molecule has 1 N–H and O–H groups in total. The van der Waals surface area contributed by atoms with Gasteiger partial charge in [-0.1, -0.05) is 35.9 Å². The van der Waals surface area contributed by atoms with Crippen molar-refractivity contribution in [2.45, 2.75) is 19.3 Å². The van der Waals surface area contributed by atoms with Crippen LogP contribution in [0.3, 0.4) is 0 Å². The maximum absolute atomic E-state index is 12.0. The maximum atomic E-state index is 12.0. The third-order valence-corrected chi connectivity index (χ3v) is 3.37. The van der Waals surface area contributed by atoms with Gasteiger partial charge in [-0.25, -0.2) is 0 Å². The predicted octanol–water partition coefficient (Wildman–Crippen LogP) is 4.35. The van der Waals surface area contributed by atoms with Crippen LogP contribution in [0.15, 0.2) is 48.5 Å². The van der Waals surface area contributed by atoms with E-state index in [0.717, 1.165) is 5.56 Å². The van der Waals surface area contributed by atoms with Crippen molar-refractivity contribution in [1.82, 2.24) is 5.32 Å². The molecule has 0 aliphatic carbocycles. The number of ether oxygens (including phenoxy) is 1. The topological polar surface area (TPSA) is 38.3 Å². The molecule has 7 heteroatoms. The van der Waals surface area contributed by atoms with Gasteiger partial charge < -0.3 is 10.1 Å². The molecule has 2 aromatic carbocycles. The number of rotatable bonds is 6. The maximum Gasteiger partial charge on any atom is 0.411 e. The van der Waals surface area contributed by atoms with Crippen LogP contribution in [0, 0.1) is 0 Å². The second-order valence-electron chi connectivity index (χ2n) is 5.11. The summed E-state index contributed by atoms with van der Waals surface area (Å²) in [7, 11) is 0. The third-order valence-electron chi connectivity index (χ3n) is 3.12. The fraction of sp³-hybridized carbons (Fsp3) is 0.235. The lowest BCUT2D eigenvalue weighted by Crippen LogP contribution is -2.22. The minimum absolute atomic E-state index is 0.161. The van der Waals surface area contributed by atoms with E-state index in [2.05, 4.69) is 10.1 Å². The zero-order valence-electron chi connectivity index (χ0n) is 12.6. The van der Waals surface area contributed by atoms with E-state index < -0.39 is 12.8 Å². The molecular formula is C17H15ClF3NO2. The SMILES string of the molecule is O=C(NCc1ccc(Cl)cc1)c1ccc(COCC(F)(F)F)cc1. The van der Waals surface area contributed by atoms with Crippen LogP contribution >= 0.6 is 11.6 Å². The first-order valence-electron chi connectivity index (χ1n) is 7.09. The Labute approximate surface area is 142 Å². The molecule has 0 heterocycles. The Bertz CT molecular complexity index is 670. The highest BCUT2D eigenvalue weighted by Crippen LogP contribution is 2.16. The molecule has 0 aliphatic rings. The summed E-state index contributed by atoms with van der Waals surface area (Å²) in [5, 5.41) is 3.37. The number of hydrogen-bond donors (Lipinski definition) is 1. The number of halogens is 4. The van der Waals surface area contributed by atoms with Gasteiger partial charge in [0.2, 0.25) is 0 Å². The van der Waals surface area contributed by atoms with Gasteiger partial charge in [0.1, 0.15) is 6.61 Å². The summed E-state index contributed by atoms with van der Waals surface area (Å²) >= 11 is 5.79. The average Bonchev–Trinajstić information content (AvgIpc) is 2.53. The molecule has 2 rings (SSSR count). The molecule has 0 aliphatic heterocycles. The molecule has 24 heavy (non-hydrogen) atoms. The van der Waals surface area contributed by atoms with E-state index in [1.54, 1.807) is 36.4 Å². The summed E-state index contributed by atoms with van der Waals surface area (Å²) in [5.74, 6) is -0.271. The van der Waals surface area contributed by atoms with E-state index in [-0.39, 0.29) is 12.5 Å². The molecule has 1 amide bonds. The van der Waals surface area contributed by atoms with E-state index in [1.807, 2.05) is 12.1 Å². The number of nitrogens with one attached hydrogen (secondary N) is 1. The third kappa shape index (κ3) is 6.22. The molecule has 0 unspecified atom stereocenters. The fourth-order valence-electron chi connectivity index (χ4n) is 1.92. The number of hydrogen-bond acceptors (Lipinski definition) is 2. The average molecular weight is 358 g/mol. The van der Waals surface area contributed by atoms with Crippen molar-refractivity contribution in [3.8, 4) is 0 Å². The van der Waals surface area contributed by atoms with Crippen LogP contribution < -0.4 is 5.32 Å². The normalized spacial score (nSPS) is 11.3. The van der Waals surface area contributed by atoms with Gasteiger partial charge in [0.15, 0.2) is 0 Å². The lowest BCUT2D eigenvalue weighted by Gasteiger charge is -2.09. The van der Waals surface area contributed by atoms with Gasteiger partial charge in [0, 0.05) is 17.1 Å². The standard InChI is InChI=1S/C17H15ClF3NO2/c18-15-7-3-12(4-8-15)9-22-16(23)14-5-1-13(2-6-14)10-24-11-17(19,20)21/h1-8H,9-11H2,(H,22,23). The number of carbonyl (C=O) groups is 1. The van der Waals surface area contributed by atoms with Crippen molar-refractivity contribution in [3.05, 3.63) is 70.2 Å². The van der Waals surface area contributed by atoms with Gasteiger partial charge in [0.05, 0.1) is 6.61 Å². The molecule has 0 fully saturated rings. The highest BCUT2D eigenvalue weighted by Gasteiger charge is 2.27. The smallest absolute Gasteiger partial charge is 0.367 e. The Morgan fingerprint density at radius 2 is 1.58 bits per heavy atom. The Morgan fingerprint density at radius 3 is 2.17 bits per heavy atom. The van der Waals surface area contributed by atoms with Crippen LogP contribution in [-0.4, -0.2) is 18.7 Å². The summed E-state index contributed by atoms with van der Waals surface area (Å²) in [6.07, 6.45) is -4.35. The van der Waals surface area contributed by atoms with Crippen LogP contribution in [0.2, 0.25) is 5.02 Å². The highest BCUT2D eigenvalue weighted by molar-refractivity contribution is 6.30. The van der Waals surface area contributed by atoms with Gasteiger partial charge in [-0.05, 0) is 35.4 Å². The first-order chi connectivity index (χ1) is 11.3. The van der Waals surface area contributed by atoms with Crippen molar-refractivity contribution in [1.29, 1.82) is 0 Å². The number of alkyl halides is 3. The lowest BCUT2D eigenvalue weighted by atomic mass is 10.1. The summed E-state index contributed by atoms with van der Waals surface area (Å²) in [5.41, 5.74) is 1.89. The van der Waals surface area contributed by atoms with Crippen LogP contribution in [0.25, 0.3) is 0 Å². The van der Waals surface area contributed by atoms with Crippen molar-refractivity contribution in [2.75, 3.05) is 6.61 Å². The fourth-order valence-corrected chi connectivity index (χ4v) is 2.05. The second-order valence-corrected chi connectivity index (χ2v) is 5.55. The summed E-state index contributed by atoms with van der Waals surface area (Å²) < 4.78 is 40.5. The van der Waals surface area contributed by atoms with Crippen molar-refractivity contribution in [3.63, 3.8) is 0 Å². The van der Waals surface area contributed by atoms with E-state index in [4.69, 9.17) is 11.6 Å².